The van der Waals surface area contributed by atoms with Crippen molar-refractivity contribution in [1.82, 2.24) is 14.2 Å². The third-order valence-electron chi connectivity index (χ3n) is 8.12. The molecule has 2 unspecified atom stereocenters. The summed E-state index contributed by atoms with van der Waals surface area (Å²) in [5.41, 5.74) is -1.65. The molecule has 59 heavy (non-hydrogen) atoms. The second kappa shape index (κ2) is 25.2. The lowest BCUT2D eigenvalue weighted by molar-refractivity contribution is -0.170. The van der Waals surface area contributed by atoms with Crippen molar-refractivity contribution in [3.8, 4) is 5.75 Å². The zero-order chi connectivity index (χ0) is 43.4. The number of aromatic nitrogens is 2. The topological polar surface area (TPSA) is 254 Å². The van der Waals surface area contributed by atoms with Gasteiger partial charge in [-0.25, -0.2) is 24.0 Å². The van der Waals surface area contributed by atoms with Crippen LogP contribution in [0.15, 0.2) is 52.2 Å². The van der Waals surface area contributed by atoms with E-state index >= 15 is 0 Å². The van der Waals surface area contributed by atoms with Crippen LogP contribution >= 0.6 is 7.52 Å². The summed E-state index contributed by atoms with van der Waals surface area (Å²) in [5.74, 6) is -3.15. The van der Waals surface area contributed by atoms with E-state index in [1.54, 1.807) is 51.1 Å². The Hall–Kier alpha value is -4.47. The van der Waals surface area contributed by atoms with Crippen LogP contribution < -0.4 is 20.9 Å². The smallest absolute Gasteiger partial charge is 0.342 e. The average molecular weight is 860 g/mol. The first-order valence-corrected chi connectivity index (χ1v) is 20.7. The maximum Gasteiger partial charge on any atom is 0.342 e. The van der Waals surface area contributed by atoms with Crippen molar-refractivity contribution < 1.29 is 76.0 Å². The fraction of sp³-hybridized carbons (Fsp3) is 0.622. The molecule has 1 aromatic heterocycles. The van der Waals surface area contributed by atoms with E-state index in [2.05, 4.69) is 5.09 Å². The second-order valence-corrected chi connectivity index (χ2v) is 15.4. The minimum absolute atomic E-state index is 0.0113. The molecule has 0 bridgehead atoms. The molecule has 2 aromatic rings. The van der Waals surface area contributed by atoms with Gasteiger partial charge in [0.2, 0.25) is 6.79 Å². The molecule has 21 nitrogen and oxygen atoms in total. The fourth-order valence-electron chi connectivity index (χ4n) is 5.21. The van der Waals surface area contributed by atoms with Crippen LogP contribution in [0.25, 0.3) is 0 Å². The number of ether oxygens (including phenoxy) is 9. The molecule has 0 amide bonds. The maximum atomic E-state index is 13.9. The van der Waals surface area contributed by atoms with E-state index in [0.717, 1.165) is 10.6 Å². The van der Waals surface area contributed by atoms with E-state index < -0.39 is 106 Å². The number of esters is 4. The van der Waals surface area contributed by atoms with Crippen molar-refractivity contribution in [2.24, 2.45) is 5.92 Å². The van der Waals surface area contributed by atoms with Crippen LogP contribution in [-0.2, 0) is 73.1 Å². The van der Waals surface area contributed by atoms with E-state index in [4.69, 9.17) is 47.2 Å². The number of rotatable bonds is 27. The van der Waals surface area contributed by atoms with Gasteiger partial charge in [-0.05, 0) is 39.3 Å². The second-order valence-electron chi connectivity index (χ2n) is 13.4. The molecule has 3 rings (SSSR count). The normalized spacial score (nSPS) is 19.1. The van der Waals surface area contributed by atoms with E-state index in [-0.39, 0.29) is 51.8 Å². The lowest BCUT2D eigenvalue weighted by Gasteiger charge is -2.25. The number of benzene rings is 1. The van der Waals surface area contributed by atoms with Crippen molar-refractivity contribution in [3.05, 3.63) is 63.4 Å². The van der Waals surface area contributed by atoms with Gasteiger partial charge >= 0.3 is 37.1 Å². The summed E-state index contributed by atoms with van der Waals surface area (Å²) in [6.07, 6.45) is -2.16. The Labute approximate surface area is 340 Å². The van der Waals surface area contributed by atoms with Crippen molar-refractivity contribution in [1.29, 1.82) is 0 Å². The molecular formula is C37H54N3O18P. The first kappa shape index (κ1) is 48.9. The third kappa shape index (κ3) is 17.0. The van der Waals surface area contributed by atoms with Crippen molar-refractivity contribution in [3.63, 3.8) is 0 Å². The molecular weight excluding hydrogens is 805 g/mol. The molecule has 2 N–H and O–H groups in total. The lowest BCUT2D eigenvalue weighted by atomic mass is 10.0. The minimum Gasteiger partial charge on any atom is -0.462 e. The van der Waals surface area contributed by atoms with Crippen molar-refractivity contribution in [2.75, 3.05) is 59.4 Å². The molecule has 2 heterocycles. The molecule has 1 aliphatic heterocycles. The zero-order valence-corrected chi connectivity index (χ0v) is 34.6. The summed E-state index contributed by atoms with van der Waals surface area (Å²) in [7, 11) is -3.91. The number of carbonyl (C=O) groups is 4. The van der Waals surface area contributed by atoms with Gasteiger partial charge < -0.3 is 52.3 Å². The SMILES string of the molecule is CCCC(=O)OCOC(=O)COCCOCCOCC(=O)OCn1c(=O)ccn([C@@H]2O[C@H](COCP(=O)(N[C@@H](C)C(=O)OC(C)C)Oc3ccccc3)C(O)[C@@H]2C)c1=O. The van der Waals surface area contributed by atoms with Gasteiger partial charge in [0.15, 0.2) is 6.73 Å². The highest BCUT2D eigenvalue weighted by Gasteiger charge is 2.43. The number of nitrogens with one attached hydrogen (secondary N) is 1. The highest BCUT2D eigenvalue weighted by Crippen LogP contribution is 2.44. The molecule has 0 spiro atoms. The molecule has 0 aliphatic carbocycles. The molecule has 6 atom stereocenters. The zero-order valence-electron chi connectivity index (χ0n) is 33.7. The Morgan fingerprint density at radius 3 is 2.15 bits per heavy atom. The molecule has 1 aliphatic rings. The molecule has 330 valence electrons. The maximum absolute atomic E-state index is 13.9. The lowest BCUT2D eigenvalue weighted by Crippen LogP contribution is -2.42. The summed E-state index contributed by atoms with van der Waals surface area (Å²) in [6, 6.07) is 8.31. The van der Waals surface area contributed by atoms with Crippen LogP contribution in [0.1, 0.15) is 53.7 Å². The van der Waals surface area contributed by atoms with Crippen LogP contribution in [0.3, 0.4) is 0 Å². The summed E-state index contributed by atoms with van der Waals surface area (Å²) in [4.78, 5) is 73.5. The monoisotopic (exact) mass is 859 g/mol. The molecule has 1 saturated heterocycles. The van der Waals surface area contributed by atoms with Gasteiger partial charge in [-0.1, -0.05) is 32.0 Å². The minimum atomic E-state index is -3.91. The first-order valence-electron chi connectivity index (χ1n) is 18.9. The quantitative estimate of drug-likeness (QED) is 0.0424. The van der Waals surface area contributed by atoms with E-state index in [0.29, 0.717) is 11.0 Å². The van der Waals surface area contributed by atoms with Crippen LogP contribution in [-0.4, -0.2) is 122 Å². The highest BCUT2D eigenvalue weighted by atomic mass is 31.2. The molecule has 22 heteroatoms. The molecule has 1 fully saturated rings. The third-order valence-corrected chi connectivity index (χ3v) is 9.93. The van der Waals surface area contributed by atoms with Crippen LogP contribution in [0.4, 0.5) is 0 Å². The Morgan fingerprint density at radius 2 is 1.51 bits per heavy atom. The first-order chi connectivity index (χ1) is 28.1. The summed E-state index contributed by atoms with van der Waals surface area (Å²) < 4.78 is 68.3. The van der Waals surface area contributed by atoms with Gasteiger partial charge in [0, 0.05) is 24.6 Å². The fourth-order valence-corrected chi connectivity index (χ4v) is 6.89. The average Bonchev–Trinajstić information content (AvgIpc) is 3.45. The van der Waals surface area contributed by atoms with Gasteiger partial charge in [-0.2, -0.15) is 0 Å². The van der Waals surface area contributed by atoms with Gasteiger partial charge in [-0.3, -0.25) is 23.5 Å². The summed E-state index contributed by atoms with van der Waals surface area (Å²) in [5, 5.41) is 13.7. The largest absolute Gasteiger partial charge is 0.462 e. The Bertz CT molecular complexity index is 1800. The summed E-state index contributed by atoms with van der Waals surface area (Å²) >= 11 is 0. The van der Waals surface area contributed by atoms with Gasteiger partial charge in [0.25, 0.3) is 5.56 Å². The van der Waals surface area contributed by atoms with Crippen LogP contribution in [0.5, 0.6) is 5.75 Å². The Kier molecular flexibility index (Phi) is 20.9. The van der Waals surface area contributed by atoms with Gasteiger partial charge in [0.1, 0.15) is 43.7 Å². The number of aliphatic hydroxyl groups excluding tert-OH is 1. The van der Waals surface area contributed by atoms with Crippen LogP contribution in [0.2, 0.25) is 0 Å². The van der Waals surface area contributed by atoms with E-state index in [9.17, 15) is 38.4 Å². The highest BCUT2D eigenvalue weighted by molar-refractivity contribution is 7.57. The van der Waals surface area contributed by atoms with Crippen molar-refractivity contribution in [2.45, 2.75) is 84.8 Å². The van der Waals surface area contributed by atoms with Crippen molar-refractivity contribution >= 4 is 31.4 Å². The Morgan fingerprint density at radius 1 is 0.881 bits per heavy atom. The molecule has 1 aromatic carbocycles. The van der Waals surface area contributed by atoms with E-state index in [1.807, 2.05) is 6.92 Å². The number of carbonyl (C=O) groups excluding carboxylic acids is 4. The predicted molar refractivity (Wildman–Crippen MR) is 204 cm³/mol. The molecule has 0 saturated carbocycles. The van der Waals surface area contributed by atoms with Crippen LogP contribution in [0, 0.1) is 5.92 Å². The van der Waals surface area contributed by atoms with Gasteiger partial charge in [0.05, 0.1) is 45.2 Å². The molecule has 0 radical (unpaired) electrons. The number of para-hydroxylation sites is 1. The number of aliphatic hydroxyl groups is 1. The number of hydrogen-bond acceptors (Lipinski definition) is 18. The Balaban J connectivity index is 1.44. The predicted octanol–water partition coefficient (Wildman–Crippen LogP) is 1.47. The standard InChI is InChI=1S/C37H54N3O18P/c1-6-10-31(42)54-23-55-33(44)21-51-18-16-49-15-17-50-20-32(43)53-22-40-30(41)13-14-39(37(40)47)35-26(4)34(45)29(57-35)19-52-24-59(48,58-28-11-8-7-9-12-28)38-27(5)36(46)56-25(2)3/h7-9,11-14,25-27,29,34-35,45H,6,10,15-24H2,1-5H3,(H,38,48)/t26-,27-,29+,34?,35+,59?/m0/s1. The van der Waals surface area contributed by atoms with Gasteiger partial charge in [-0.15, -0.1) is 0 Å². The summed E-state index contributed by atoms with van der Waals surface area (Å²) in [6.45, 7) is 6.07. The number of nitrogens with zero attached hydrogens (tertiary/aromatic N) is 2. The van der Waals surface area contributed by atoms with E-state index in [1.165, 1.54) is 13.1 Å². The number of hydrogen-bond donors (Lipinski definition) is 2.